The molecule has 1 N–H and O–H groups in total. The van der Waals surface area contributed by atoms with Crippen LogP contribution in [-0.4, -0.2) is 28.8 Å². The number of nitrogens with one attached hydrogen (secondary N) is 1. The topological polar surface area (TPSA) is 67.9 Å². The van der Waals surface area contributed by atoms with E-state index in [0.29, 0.717) is 9.92 Å². The molecule has 0 heterocycles. The van der Waals surface area contributed by atoms with Gasteiger partial charge in [-0.05, 0) is 52.0 Å². The number of hydrogen-bond donors (Lipinski definition) is 1. The lowest BCUT2D eigenvalue weighted by molar-refractivity contribution is 0.0743. The third-order valence-corrected chi connectivity index (χ3v) is 3.21. The smallest absolute Gasteiger partial charge is 0.440 e. The average Bonchev–Trinajstić information content (AvgIpc) is 2.38. The first kappa shape index (κ1) is 18.4. The number of hydrazine groups is 1. The minimum absolute atomic E-state index is 0.302. The standard InChI is InChI=1S/C14H19ClN2O4S/c1-9(2)20-13(18)16-17(14(19)21-10(3)4)22-12-7-5-11(15)6-8-12/h5-10H,1-4H3,(H,16,18). The number of ether oxygens (including phenoxy) is 2. The monoisotopic (exact) mass is 346 g/mol. The van der Waals surface area contributed by atoms with Crippen LogP contribution in [0.2, 0.25) is 5.02 Å². The number of hydrogen-bond acceptors (Lipinski definition) is 5. The van der Waals surface area contributed by atoms with E-state index in [1.54, 1.807) is 52.0 Å². The van der Waals surface area contributed by atoms with Gasteiger partial charge in [-0.15, -0.1) is 4.41 Å². The molecule has 22 heavy (non-hydrogen) atoms. The maximum Gasteiger partial charge on any atom is 0.440 e. The Morgan fingerprint density at radius 3 is 2.14 bits per heavy atom. The van der Waals surface area contributed by atoms with E-state index in [-0.39, 0.29) is 12.2 Å². The van der Waals surface area contributed by atoms with E-state index in [0.717, 1.165) is 16.4 Å². The Morgan fingerprint density at radius 1 is 1.09 bits per heavy atom. The highest BCUT2D eigenvalue weighted by molar-refractivity contribution is 7.97. The van der Waals surface area contributed by atoms with Gasteiger partial charge in [-0.3, -0.25) is 0 Å². The summed E-state index contributed by atoms with van der Waals surface area (Å²) in [6.45, 7) is 6.86. The number of benzene rings is 1. The average molecular weight is 347 g/mol. The van der Waals surface area contributed by atoms with E-state index < -0.39 is 12.2 Å². The fraction of sp³-hybridized carbons (Fsp3) is 0.429. The Balaban J connectivity index is 2.78. The molecule has 0 aliphatic heterocycles. The number of carbonyl (C=O) groups is 2. The van der Waals surface area contributed by atoms with Gasteiger partial charge in [0.15, 0.2) is 0 Å². The molecule has 0 fully saturated rings. The maximum absolute atomic E-state index is 12.0. The zero-order valence-corrected chi connectivity index (χ0v) is 14.4. The summed E-state index contributed by atoms with van der Waals surface area (Å²) in [6.07, 6.45) is -2.06. The lowest BCUT2D eigenvalue weighted by atomic mass is 10.4. The van der Waals surface area contributed by atoms with Gasteiger partial charge in [-0.1, -0.05) is 11.6 Å². The van der Waals surface area contributed by atoms with Gasteiger partial charge >= 0.3 is 12.2 Å². The van der Waals surface area contributed by atoms with Gasteiger partial charge in [-0.2, -0.15) is 0 Å². The van der Waals surface area contributed by atoms with Crippen LogP contribution in [0.4, 0.5) is 9.59 Å². The van der Waals surface area contributed by atoms with Crippen LogP contribution in [0.3, 0.4) is 0 Å². The van der Waals surface area contributed by atoms with Crippen LogP contribution in [-0.2, 0) is 9.47 Å². The van der Waals surface area contributed by atoms with Crippen molar-refractivity contribution in [3.05, 3.63) is 29.3 Å². The number of amides is 2. The highest BCUT2D eigenvalue weighted by Crippen LogP contribution is 2.23. The summed E-state index contributed by atoms with van der Waals surface area (Å²) in [6, 6.07) is 6.81. The summed E-state index contributed by atoms with van der Waals surface area (Å²) < 4.78 is 11.0. The molecule has 0 aliphatic rings. The molecule has 0 radical (unpaired) electrons. The number of nitrogens with zero attached hydrogens (tertiary/aromatic N) is 1. The predicted octanol–water partition coefficient (Wildman–Crippen LogP) is 4.24. The summed E-state index contributed by atoms with van der Waals surface area (Å²) in [5, 5.41) is 0.577. The van der Waals surface area contributed by atoms with Crippen LogP contribution >= 0.6 is 23.5 Å². The van der Waals surface area contributed by atoms with Crippen LogP contribution in [0.25, 0.3) is 0 Å². The fourth-order valence-electron chi connectivity index (χ4n) is 1.28. The molecule has 2 amide bonds. The molecular formula is C14H19ClN2O4S. The molecule has 1 aromatic rings. The first-order valence-corrected chi connectivity index (χ1v) is 7.84. The molecule has 0 bridgehead atoms. The number of carbonyl (C=O) groups excluding carboxylic acids is 2. The van der Waals surface area contributed by atoms with E-state index in [1.165, 1.54) is 0 Å². The molecule has 0 atom stereocenters. The molecule has 122 valence electrons. The second kappa shape index (κ2) is 8.75. The molecule has 8 heteroatoms. The molecule has 0 saturated carbocycles. The Bertz CT molecular complexity index is 508. The molecule has 0 saturated heterocycles. The van der Waals surface area contributed by atoms with Crippen molar-refractivity contribution < 1.29 is 19.1 Å². The summed E-state index contributed by atoms with van der Waals surface area (Å²) in [5.41, 5.74) is 2.34. The first-order valence-electron chi connectivity index (χ1n) is 6.69. The van der Waals surface area contributed by atoms with Crippen molar-refractivity contribution in [3.8, 4) is 0 Å². The highest BCUT2D eigenvalue weighted by atomic mass is 35.5. The summed E-state index contributed by atoms with van der Waals surface area (Å²) in [4.78, 5) is 24.4. The minimum atomic E-state index is -0.739. The Kier molecular flexibility index (Phi) is 7.34. The third kappa shape index (κ3) is 6.91. The second-order valence-electron chi connectivity index (χ2n) is 4.84. The second-order valence-corrected chi connectivity index (χ2v) is 6.29. The Labute approximate surface area is 139 Å². The zero-order valence-electron chi connectivity index (χ0n) is 12.8. The fourth-order valence-corrected chi connectivity index (χ4v) is 2.11. The third-order valence-electron chi connectivity index (χ3n) is 2.05. The van der Waals surface area contributed by atoms with E-state index in [2.05, 4.69) is 5.43 Å². The Morgan fingerprint density at radius 2 is 1.64 bits per heavy atom. The van der Waals surface area contributed by atoms with Crippen molar-refractivity contribution in [3.63, 3.8) is 0 Å². The number of halogens is 1. The largest absolute Gasteiger partial charge is 0.446 e. The molecule has 1 aromatic carbocycles. The van der Waals surface area contributed by atoms with Gasteiger partial charge in [0.1, 0.15) is 0 Å². The normalized spacial score (nSPS) is 10.5. The zero-order chi connectivity index (χ0) is 16.7. The lowest BCUT2D eigenvalue weighted by Gasteiger charge is -2.22. The van der Waals surface area contributed by atoms with E-state index in [1.807, 2.05) is 0 Å². The first-order chi connectivity index (χ1) is 10.3. The van der Waals surface area contributed by atoms with Gasteiger partial charge < -0.3 is 9.47 Å². The lowest BCUT2D eigenvalue weighted by Crippen LogP contribution is -2.43. The maximum atomic E-state index is 12.0. The summed E-state index contributed by atoms with van der Waals surface area (Å²) >= 11 is 6.81. The number of rotatable bonds is 4. The van der Waals surface area contributed by atoms with E-state index >= 15 is 0 Å². The molecule has 0 aliphatic carbocycles. The van der Waals surface area contributed by atoms with Gasteiger partial charge in [0.25, 0.3) is 0 Å². The van der Waals surface area contributed by atoms with Gasteiger partial charge in [0.2, 0.25) is 0 Å². The van der Waals surface area contributed by atoms with E-state index in [4.69, 9.17) is 21.1 Å². The van der Waals surface area contributed by atoms with Crippen LogP contribution in [0.5, 0.6) is 0 Å². The molecule has 6 nitrogen and oxygen atoms in total. The molecule has 0 aromatic heterocycles. The van der Waals surface area contributed by atoms with Crippen LogP contribution < -0.4 is 5.43 Å². The van der Waals surface area contributed by atoms with Crippen molar-refractivity contribution in [1.29, 1.82) is 0 Å². The Hall–Kier alpha value is -1.60. The predicted molar refractivity (Wildman–Crippen MR) is 85.5 cm³/mol. The molecule has 0 spiro atoms. The SMILES string of the molecule is CC(C)OC(=O)NN(Sc1ccc(Cl)cc1)C(=O)OC(C)C. The highest BCUT2D eigenvalue weighted by Gasteiger charge is 2.22. The van der Waals surface area contributed by atoms with Crippen LogP contribution in [0.1, 0.15) is 27.7 Å². The van der Waals surface area contributed by atoms with Crippen molar-refractivity contribution in [2.75, 3.05) is 0 Å². The van der Waals surface area contributed by atoms with E-state index in [9.17, 15) is 9.59 Å². The van der Waals surface area contributed by atoms with Gasteiger partial charge in [0, 0.05) is 21.9 Å². The molecule has 1 rings (SSSR count). The molecule has 0 unspecified atom stereocenters. The van der Waals surface area contributed by atoms with Gasteiger partial charge in [-0.25, -0.2) is 15.0 Å². The quantitative estimate of drug-likeness (QED) is 0.652. The summed E-state index contributed by atoms with van der Waals surface area (Å²) in [7, 11) is 0. The minimum Gasteiger partial charge on any atom is -0.446 e. The van der Waals surface area contributed by atoms with Crippen LogP contribution in [0.15, 0.2) is 29.2 Å². The summed E-state index contributed by atoms with van der Waals surface area (Å²) in [5.74, 6) is 0. The van der Waals surface area contributed by atoms with Crippen LogP contribution in [0, 0.1) is 0 Å². The van der Waals surface area contributed by atoms with Crippen molar-refractivity contribution >= 4 is 35.7 Å². The van der Waals surface area contributed by atoms with Crippen molar-refractivity contribution in [2.45, 2.75) is 44.8 Å². The van der Waals surface area contributed by atoms with Gasteiger partial charge in [0.05, 0.1) is 12.2 Å². The van der Waals surface area contributed by atoms with Crippen molar-refractivity contribution in [2.24, 2.45) is 0 Å². The van der Waals surface area contributed by atoms with Crippen molar-refractivity contribution in [1.82, 2.24) is 9.84 Å². The molecular weight excluding hydrogens is 328 g/mol.